The molecule has 0 spiro atoms. The summed E-state index contributed by atoms with van der Waals surface area (Å²) >= 11 is 3.02. The van der Waals surface area contributed by atoms with E-state index in [1.807, 2.05) is 5.38 Å². The zero-order valence-electron chi connectivity index (χ0n) is 26.3. The number of thiazole rings is 2. The molecule has 4 amide bonds. The first-order chi connectivity index (χ1) is 21.1. The first kappa shape index (κ1) is 35.8. The van der Waals surface area contributed by atoms with E-state index in [9.17, 15) is 14.4 Å². The van der Waals surface area contributed by atoms with Crippen LogP contribution in [0.1, 0.15) is 54.6 Å². The molecule has 2 aromatic heterocycles. The molecule has 0 radical (unpaired) electrons. The van der Waals surface area contributed by atoms with Crippen LogP contribution in [0.25, 0.3) is 0 Å². The van der Waals surface area contributed by atoms with Crippen molar-refractivity contribution in [3.8, 4) is 0 Å². The molecule has 0 saturated carbocycles. The van der Waals surface area contributed by atoms with Crippen LogP contribution in [-0.4, -0.2) is 115 Å². The van der Waals surface area contributed by atoms with Crippen molar-refractivity contribution in [2.24, 2.45) is 0 Å². The Balaban J connectivity index is 1.55. The maximum absolute atomic E-state index is 13.6. The van der Waals surface area contributed by atoms with Crippen molar-refractivity contribution >= 4 is 54.5 Å². The van der Waals surface area contributed by atoms with E-state index in [0.29, 0.717) is 58.0 Å². The predicted octanol–water partition coefficient (Wildman–Crippen LogP) is 3.69. The van der Waals surface area contributed by atoms with Crippen LogP contribution in [0.4, 0.5) is 9.59 Å². The molecule has 44 heavy (non-hydrogen) atoms. The number of amides is 4. The Morgan fingerprint density at radius 1 is 1.20 bits per heavy atom. The monoisotopic (exact) mass is 668 g/mol. The summed E-state index contributed by atoms with van der Waals surface area (Å²) in [6, 6.07) is -1.15. The molecule has 0 bridgehead atoms. The standard InChI is InChI=1S/C29H46N7O5PS2/c1-21(2)27-33-23(19-43-27)16-35(3)28(38)34-25(8-10-36-11-13-40-14-12-36)26(37)32-22(18-42(4)5)7-6-9-31-29(39)41-17-24-15-30-20-44-24/h15,19-22,25H,4,6-14,16-18H2,1-3,5H3,(H2-,31,32,34,37,38,39)/p+1. The van der Waals surface area contributed by atoms with Gasteiger partial charge in [-0.2, -0.15) is 0 Å². The van der Waals surface area contributed by atoms with Gasteiger partial charge >= 0.3 is 12.1 Å². The number of ether oxygens (including phenoxy) is 2. The van der Waals surface area contributed by atoms with Gasteiger partial charge in [0.05, 0.1) is 67.4 Å². The quantitative estimate of drug-likeness (QED) is 0.172. The Bertz CT molecular complexity index is 1190. The van der Waals surface area contributed by atoms with Gasteiger partial charge in [-0.25, -0.2) is 14.6 Å². The van der Waals surface area contributed by atoms with Gasteiger partial charge in [-0.05, 0) is 19.3 Å². The molecule has 1 aliphatic heterocycles. The highest BCUT2D eigenvalue weighted by molar-refractivity contribution is 7.55. The minimum absolute atomic E-state index is 0.129. The van der Waals surface area contributed by atoms with Gasteiger partial charge < -0.3 is 30.3 Å². The average molecular weight is 669 g/mol. The van der Waals surface area contributed by atoms with Crippen molar-refractivity contribution in [1.29, 1.82) is 0 Å². The van der Waals surface area contributed by atoms with Gasteiger partial charge in [0.2, 0.25) is 5.91 Å². The molecule has 3 rings (SSSR count). The van der Waals surface area contributed by atoms with E-state index in [0.717, 1.165) is 34.8 Å². The van der Waals surface area contributed by atoms with Gasteiger partial charge in [0, 0.05) is 50.7 Å². The van der Waals surface area contributed by atoms with E-state index < -0.39 is 19.7 Å². The third-order valence-electron chi connectivity index (χ3n) is 6.97. The summed E-state index contributed by atoms with van der Waals surface area (Å²) in [4.78, 5) is 52.2. The lowest BCUT2D eigenvalue weighted by molar-refractivity contribution is -0.123. The Kier molecular flexibility index (Phi) is 15.5. The fraction of sp³-hybridized carbons (Fsp3) is 0.655. The van der Waals surface area contributed by atoms with Gasteiger partial charge in [0.15, 0.2) is 0 Å². The topological polar surface area (TPSA) is 138 Å². The first-order valence-corrected chi connectivity index (χ1v) is 18.9. The largest absolute Gasteiger partial charge is 0.444 e. The van der Waals surface area contributed by atoms with Crippen molar-refractivity contribution in [3.05, 3.63) is 32.7 Å². The Morgan fingerprint density at radius 2 is 1.98 bits per heavy atom. The third kappa shape index (κ3) is 13.2. The van der Waals surface area contributed by atoms with Crippen LogP contribution in [-0.2, 0) is 27.4 Å². The van der Waals surface area contributed by atoms with Crippen LogP contribution in [0.2, 0.25) is 0 Å². The Labute approximate surface area is 269 Å². The van der Waals surface area contributed by atoms with Gasteiger partial charge in [-0.15, -0.1) is 22.7 Å². The number of hydrogen-bond acceptors (Lipinski definition) is 10. The molecule has 12 nitrogen and oxygen atoms in total. The van der Waals surface area contributed by atoms with E-state index in [4.69, 9.17) is 9.47 Å². The number of nitrogens with zero attached hydrogens (tertiary/aromatic N) is 4. The molecule has 0 aliphatic carbocycles. The van der Waals surface area contributed by atoms with Gasteiger partial charge in [0.25, 0.3) is 0 Å². The van der Waals surface area contributed by atoms with E-state index >= 15 is 0 Å². The zero-order chi connectivity index (χ0) is 31.9. The van der Waals surface area contributed by atoms with Crippen molar-refractivity contribution < 1.29 is 23.9 Å². The highest BCUT2D eigenvalue weighted by Crippen LogP contribution is 2.20. The van der Waals surface area contributed by atoms with Crippen molar-refractivity contribution in [2.45, 2.75) is 64.3 Å². The van der Waals surface area contributed by atoms with Crippen LogP contribution >= 0.6 is 30.2 Å². The molecule has 2 aromatic rings. The lowest BCUT2D eigenvalue weighted by Gasteiger charge is -2.29. The third-order valence-corrected chi connectivity index (χ3v) is 9.98. The Hall–Kier alpha value is -2.64. The molecule has 3 atom stereocenters. The summed E-state index contributed by atoms with van der Waals surface area (Å²) in [5.41, 5.74) is 2.52. The fourth-order valence-corrected chi connectivity index (χ4v) is 6.93. The number of carbonyl (C=O) groups is 3. The summed E-state index contributed by atoms with van der Waals surface area (Å²) in [6.45, 7) is 10.8. The number of aromatic nitrogens is 2. The lowest BCUT2D eigenvalue weighted by atomic mass is 10.1. The number of urea groups is 1. The highest BCUT2D eigenvalue weighted by Gasteiger charge is 2.27. The summed E-state index contributed by atoms with van der Waals surface area (Å²) in [6.07, 6.45) is 7.90. The molecular weight excluding hydrogens is 621 g/mol. The smallest absolute Gasteiger partial charge is 0.407 e. The molecule has 1 fully saturated rings. The van der Waals surface area contributed by atoms with Crippen molar-refractivity contribution in [1.82, 2.24) is 35.7 Å². The molecule has 15 heteroatoms. The van der Waals surface area contributed by atoms with Gasteiger partial charge in [-0.1, -0.05) is 13.8 Å². The SMILES string of the molecule is C=[P+](C)CC(CCCNC(=O)OCc1cncs1)NC(=O)C(CCN1CCOCC1)NC(=O)N(C)Cc1csc(C(C)C)n1. The summed E-state index contributed by atoms with van der Waals surface area (Å²) in [5.74, 6) is 0.116. The van der Waals surface area contributed by atoms with Crippen molar-refractivity contribution in [3.63, 3.8) is 0 Å². The summed E-state index contributed by atoms with van der Waals surface area (Å²) in [7, 11) is 1.18. The van der Waals surface area contributed by atoms with Gasteiger partial charge in [0.1, 0.15) is 18.8 Å². The Morgan fingerprint density at radius 3 is 2.64 bits per heavy atom. The van der Waals surface area contributed by atoms with E-state index in [1.54, 1.807) is 35.0 Å². The maximum Gasteiger partial charge on any atom is 0.407 e. The molecule has 3 N–H and O–H groups in total. The molecular formula is C29H47N7O5PS2+. The second-order valence-corrected chi connectivity index (χ2v) is 15.2. The minimum atomic E-state index is -0.704. The second kappa shape index (κ2) is 19.0. The average Bonchev–Trinajstić information content (AvgIpc) is 3.69. The van der Waals surface area contributed by atoms with Crippen LogP contribution in [0.3, 0.4) is 0 Å². The zero-order valence-corrected chi connectivity index (χ0v) is 28.8. The second-order valence-electron chi connectivity index (χ2n) is 11.3. The normalized spacial score (nSPS) is 15.3. The molecule has 1 saturated heterocycles. The van der Waals surface area contributed by atoms with Gasteiger partial charge in [-0.3, -0.25) is 14.7 Å². The maximum atomic E-state index is 13.6. The minimum Gasteiger partial charge on any atom is -0.444 e. The number of rotatable bonds is 17. The molecule has 0 aromatic carbocycles. The lowest BCUT2D eigenvalue weighted by Crippen LogP contribution is -2.54. The predicted molar refractivity (Wildman–Crippen MR) is 178 cm³/mol. The molecule has 3 unspecified atom stereocenters. The van der Waals surface area contributed by atoms with Crippen molar-refractivity contribution in [2.75, 3.05) is 59.3 Å². The van der Waals surface area contributed by atoms with Crippen LogP contribution in [0.15, 0.2) is 17.1 Å². The molecule has 1 aliphatic rings. The molecule has 3 heterocycles. The summed E-state index contributed by atoms with van der Waals surface area (Å²) < 4.78 is 10.7. The fourth-order valence-electron chi connectivity index (χ4n) is 4.57. The summed E-state index contributed by atoms with van der Waals surface area (Å²) in [5, 5.41) is 11.9. The van der Waals surface area contributed by atoms with Crippen LogP contribution in [0, 0.1) is 0 Å². The van der Waals surface area contributed by atoms with Crippen LogP contribution in [0.5, 0.6) is 0 Å². The van der Waals surface area contributed by atoms with E-state index in [1.165, 1.54) is 11.3 Å². The number of carbonyl (C=O) groups excluding carboxylic acids is 3. The molecule has 244 valence electrons. The first-order valence-electron chi connectivity index (χ1n) is 15.0. The number of morpholine rings is 1. The van der Waals surface area contributed by atoms with Crippen LogP contribution < -0.4 is 16.0 Å². The number of alkyl carbamates (subject to hydrolysis) is 1. The number of nitrogens with one attached hydrogen (secondary N) is 3. The van der Waals surface area contributed by atoms with E-state index in [2.05, 4.69) is 57.6 Å². The van der Waals surface area contributed by atoms with E-state index in [-0.39, 0.29) is 24.6 Å². The highest BCUT2D eigenvalue weighted by atomic mass is 32.1. The number of hydrogen-bond donors (Lipinski definition) is 3.